The Balaban J connectivity index is 2.55. The van der Waals surface area contributed by atoms with Gasteiger partial charge in [0.05, 0.1) is 0 Å². The number of carbonyl (C=O) groups is 1. The zero-order valence-electron chi connectivity index (χ0n) is 14.3. The van der Waals surface area contributed by atoms with Crippen molar-refractivity contribution < 1.29 is 9.53 Å². The number of hydrogen-bond acceptors (Lipinski definition) is 3. The van der Waals surface area contributed by atoms with Crippen LogP contribution in [-0.2, 0) is 4.74 Å². The van der Waals surface area contributed by atoms with Gasteiger partial charge in [0.2, 0.25) is 0 Å². The Morgan fingerprint density at radius 2 is 1.71 bits per heavy atom. The molecule has 1 atom stereocenters. The number of aryl methyl sites for hydroxylation is 3. The molecule has 21 heavy (non-hydrogen) atoms. The topological polar surface area (TPSA) is 50.4 Å². The monoisotopic (exact) mass is 292 g/mol. The molecular formula is C17H28N2O2. The molecule has 118 valence electrons. The molecule has 0 fully saturated rings. The number of rotatable bonds is 4. The standard InChI is InChI=1S/C17H28N2O2/c1-11-8-12(2)15(13(3)9-11)19-14(4)10-18-16(20)21-17(5,6)7/h8-9,14,19H,10H2,1-7H3,(H,18,20). The van der Waals surface area contributed by atoms with Crippen molar-refractivity contribution in [2.75, 3.05) is 11.9 Å². The number of anilines is 1. The number of carbonyl (C=O) groups excluding carboxylic acids is 1. The maximum absolute atomic E-state index is 11.6. The van der Waals surface area contributed by atoms with E-state index in [9.17, 15) is 4.79 Å². The molecule has 1 aromatic carbocycles. The minimum absolute atomic E-state index is 0.123. The molecule has 0 aliphatic heterocycles. The highest BCUT2D eigenvalue weighted by atomic mass is 16.6. The molecule has 0 aliphatic rings. The third-order valence-electron chi connectivity index (χ3n) is 3.02. The van der Waals surface area contributed by atoms with Gasteiger partial charge in [0, 0.05) is 18.3 Å². The highest BCUT2D eigenvalue weighted by molar-refractivity contribution is 5.68. The molecular weight excluding hydrogens is 264 g/mol. The lowest BCUT2D eigenvalue weighted by Gasteiger charge is -2.22. The van der Waals surface area contributed by atoms with Gasteiger partial charge in [-0.15, -0.1) is 0 Å². The van der Waals surface area contributed by atoms with Gasteiger partial charge in [-0.1, -0.05) is 17.7 Å². The Hall–Kier alpha value is -1.71. The number of ether oxygens (including phenoxy) is 1. The molecule has 0 aliphatic carbocycles. The van der Waals surface area contributed by atoms with E-state index in [0.717, 1.165) is 5.69 Å². The number of benzene rings is 1. The molecule has 1 rings (SSSR count). The summed E-state index contributed by atoms with van der Waals surface area (Å²) >= 11 is 0. The maximum atomic E-state index is 11.6. The summed E-state index contributed by atoms with van der Waals surface area (Å²) in [7, 11) is 0. The summed E-state index contributed by atoms with van der Waals surface area (Å²) in [5.74, 6) is 0. The summed E-state index contributed by atoms with van der Waals surface area (Å²) in [4.78, 5) is 11.6. The van der Waals surface area contributed by atoms with E-state index in [1.165, 1.54) is 16.7 Å². The average molecular weight is 292 g/mol. The summed E-state index contributed by atoms with van der Waals surface area (Å²) < 4.78 is 5.22. The molecule has 0 aromatic heterocycles. The van der Waals surface area contributed by atoms with Gasteiger partial charge in [-0.25, -0.2) is 4.79 Å². The van der Waals surface area contributed by atoms with Gasteiger partial charge in [0.15, 0.2) is 0 Å². The van der Waals surface area contributed by atoms with Gasteiger partial charge in [-0.2, -0.15) is 0 Å². The summed E-state index contributed by atoms with van der Waals surface area (Å²) in [6, 6.07) is 4.44. The molecule has 0 saturated heterocycles. The number of hydrogen-bond donors (Lipinski definition) is 2. The first kappa shape index (κ1) is 17.3. The predicted octanol–water partition coefficient (Wildman–Crippen LogP) is 3.94. The van der Waals surface area contributed by atoms with E-state index in [0.29, 0.717) is 6.54 Å². The van der Waals surface area contributed by atoms with Crippen LogP contribution in [0.25, 0.3) is 0 Å². The molecule has 1 aromatic rings. The van der Waals surface area contributed by atoms with Crippen LogP contribution in [0.4, 0.5) is 10.5 Å². The number of alkyl carbamates (subject to hydrolysis) is 1. The lowest BCUT2D eigenvalue weighted by atomic mass is 10.0. The van der Waals surface area contributed by atoms with Crippen LogP contribution in [0.15, 0.2) is 12.1 Å². The average Bonchev–Trinajstić information content (AvgIpc) is 2.29. The smallest absolute Gasteiger partial charge is 0.407 e. The molecule has 4 heteroatoms. The third-order valence-corrected chi connectivity index (χ3v) is 3.02. The fourth-order valence-electron chi connectivity index (χ4n) is 2.26. The molecule has 2 N–H and O–H groups in total. The van der Waals surface area contributed by atoms with E-state index in [-0.39, 0.29) is 12.1 Å². The second-order valence-electron chi connectivity index (χ2n) is 6.70. The van der Waals surface area contributed by atoms with Crippen molar-refractivity contribution in [1.82, 2.24) is 5.32 Å². The second-order valence-corrected chi connectivity index (χ2v) is 6.70. The van der Waals surface area contributed by atoms with Crippen molar-refractivity contribution in [2.24, 2.45) is 0 Å². The van der Waals surface area contributed by atoms with E-state index in [2.05, 4.69) is 43.5 Å². The molecule has 4 nitrogen and oxygen atoms in total. The maximum Gasteiger partial charge on any atom is 0.407 e. The summed E-state index contributed by atoms with van der Waals surface area (Å²) in [5.41, 5.74) is 4.37. The van der Waals surface area contributed by atoms with E-state index in [1.54, 1.807) is 0 Å². The Morgan fingerprint density at radius 1 is 1.19 bits per heavy atom. The fraction of sp³-hybridized carbons (Fsp3) is 0.588. The summed E-state index contributed by atoms with van der Waals surface area (Å²) in [6.45, 7) is 14.4. The van der Waals surface area contributed by atoms with Gasteiger partial charge < -0.3 is 15.4 Å². The van der Waals surface area contributed by atoms with E-state index < -0.39 is 5.60 Å². The fourth-order valence-corrected chi connectivity index (χ4v) is 2.26. The van der Waals surface area contributed by atoms with E-state index in [1.807, 2.05) is 27.7 Å². The molecule has 0 heterocycles. The van der Waals surface area contributed by atoms with Crippen molar-refractivity contribution in [1.29, 1.82) is 0 Å². The van der Waals surface area contributed by atoms with Crippen LogP contribution >= 0.6 is 0 Å². The van der Waals surface area contributed by atoms with Crippen molar-refractivity contribution in [3.63, 3.8) is 0 Å². The van der Waals surface area contributed by atoms with Crippen LogP contribution in [0.5, 0.6) is 0 Å². The lowest BCUT2D eigenvalue weighted by Crippen LogP contribution is -2.38. The molecule has 0 saturated carbocycles. The summed E-state index contributed by atoms with van der Waals surface area (Å²) in [5, 5.41) is 6.24. The van der Waals surface area contributed by atoms with Crippen molar-refractivity contribution in [3.05, 3.63) is 28.8 Å². The van der Waals surface area contributed by atoms with Crippen molar-refractivity contribution in [2.45, 2.75) is 60.1 Å². The van der Waals surface area contributed by atoms with Crippen LogP contribution in [0.1, 0.15) is 44.4 Å². The van der Waals surface area contributed by atoms with Gasteiger partial charge in [0.1, 0.15) is 5.60 Å². The highest BCUT2D eigenvalue weighted by Gasteiger charge is 2.16. The van der Waals surface area contributed by atoms with Gasteiger partial charge in [0.25, 0.3) is 0 Å². The first-order valence-corrected chi connectivity index (χ1v) is 7.39. The van der Waals surface area contributed by atoms with E-state index >= 15 is 0 Å². The van der Waals surface area contributed by atoms with Crippen molar-refractivity contribution >= 4 is 11.8 Å². The van der Waals surface area contributed by atoms with Crippen LogP contribution in [-0.4, -0.2) is 24.3 Å². The number of amides is 1. The zero-order chi connectivity index (χ0) is 16.2. The third kappa shape index (κ3) is 6.06. The minimum atomic E-state index is -0.467. The quantitative estimate of drug-likeness (QED) is 0.884. The van der Waals surface area contributed by atoms with Gasteiger partial charge in [-0.05, 0) is 59.6 Å². The van der Waals surface area contributed by atoms with Crippen LogP contribution in [0.3, 0.4) is 0 Å². The van der Waals surface area contributed by atoms with Gasteiger partial charge in [-0.3, -0.25) is 0 Å². The van der Waals surface area contributed by atoms with Crippen molar-refractivity contribution in [3.8, 4) is 0 Å². The molecule has 1 unspecified atom stereocenters. The lowest BCUT2D eigenvalue weighted by molar-refractivity contribution is 0.0526. The predicted molar refractivity (Wildman–Crippen MR) is 88.0 cm³/mol. The molecule has 1 amide bonds. The molecule has 0 radical (unpaired) electrons. The first-order valence-electron chi connectivity index (χ1n) is 7.39. The minimum Gasteiger partial charge on any atom is -0.444 e. The SMILES string of the molecule is Cc1cc(C)c(NC(C)CNC(=O)OC(C)(C)C)c(C)c1. The molecule has 0 bridgehead atoms. The number of nitrogens with one attached hydrogen (secondary N) is 2. The summed E-state index contributed by atoms with van der Waals surface area (Å²) in [6.07, 6.45) is -0.381. The molecule has 0 spiro atoms. The second kappa shape index (κ2) is 6.83. The Kier molecular flexibility index (Phi) is 5.64. The van der Waals surface area contributed by atoms with Crippen LogP contribution in [0, 0.1) is 20.8 Å². The van der Waals surface area contributed by atoms with Crippen LogP contribution < -0.4 is 10.6 Å². The Labute approximate surface area is 128 Å². The first-order chi connectivity index (χ1) is 9.58. The largest absolute Gasteiger partial charge is 0.444 e. The van der Waals surface area contributed by atoms with E-state index in [4.69, 9.17) is 4.74 Å². The Morgan fingerprint density at radius 3 is 2.19 bits per heavy atom. The Bertz CT molecular complexity index is 481. The normalized spacial score (nSPS) is 12.7. The van der Waals surface area contributed by atoms with Crippen LogP contribution in [0.2, 0.25) is 0 Å². The highest BCUT2D eigenvalue weighted by Crippen LogP contribution is 2.22. The van der Waals surface area contributed by atoms with Gasteiger partial charge >= 0.3 is 6.09 Å². The zero-order valence-corrected chi connectivity index (χ0v) is 14.3.